The Morgan fingerprint density at radius 1 is 0.289 bits per heavy atom. The van der Waals surface area contributed by atoms with E-state index in [9.17, 15) is 19.2 Å². The number of ketones is 2. The van der Waals surface area contributed by atoms with Crippen molar-refractivity contribution in [2.75, 3.05) is 132 Å². The molecule has 0 saturated heterocycles. The van der Waals surface area contributed by atoms with Crippen molar-refractivity contribution in [1.29, 1.82) is 0 Å². The zero-order valence-electron chi connectivity index (χ0n) is 27.1. The Kier molecular flexibility index (Phi) is 33.2. The normalized spacial score (nSPS) is 11.1. The number of ether oxygens (including phenoxy) is 11. The van der Waals surface area contributed by atoms with Crippen LogP contribution in [0.5, 0.6) is 0 Å². The van der Waals surface area contributed by atoms with Crippen LogP contribution in [0.3, 0.4) is 0 Å². The van der Waals surface area contributed by atoms with Gasteiger partial charge in [-0.05, 0) is 13.8 Å². The number of esters is 2. The van der Waals surface area contributed by atoms with Crippen LogP contribution in [0, 0.1) is 0 Å². The van der Waals surface area contributed by atoms with E-state index in [1.807, 2.05) is 0 Å². The fourth-order valence-electron chi connectivity index (χ4n) is 2.99. The Hall–Kier alpha value is -2.08. The van der Waals surface area contributed by atoms with Crippen molar-refractivity contribution < 1.29 is 71.3 Å². The average molecular weight is 655 g/mol. The molecule has 0 aliphatic rings. The first-order valence-electron chi connectivity index (χ1n) is 15.4. The second-order valence-corrected chi connectivity index (χ2v) is 9.36. The van der Waals surface area contributed by atoms with Gasteiger partial charge in [0.25, 0.3) is 0 Å². The van der Waals surface area contributed by atoms with Crippen LogP contribution >= 0.6 is 0 Å². The number of hydrogen-bond acceptors (Lipinski definition) is 15. The standard InChI is InChI=1S/C30H54O15/c1-27(31)3-5-29(33)44-25-23-42-21-19-40-17-15-38-13-11-36-9-7-35-8-10-37-12-14-39-16-18-41-20-22-43-24-26-45-30(34)6-4-28(2)32/h3-26H2,1-2H3. The molecule has 0 aromatic rings. The smallest absolute Gasteiger partial charge is 0.306 e. The molecule has 0 radical (unpaired) electrons. The molecule has 0 aromatic carbocycles. The van der Waals surface area contributed by atoms with Crippen LogP contribution in [0.15, 0.2) is 0 Å². The first kappa shape index (κ1) is 42.9. The Labute approximate surface area is 266 Å². The van der Waals surface area contributed by atoms with E-state index >= 15 is 0 Å². The van der Waals surface area contributed by atoms with Gasteiger partial charge in [0.1, 0.15) is 24.8 Å². The molecule has 0 bridgehead atoms. The second-order valence-electron chi connectivity index (χ2n) is 9.36. The third kappa shape index (κ3) is 38.0. The van der Waals surface area contributed by atoms with Crippen LogP contribution in [-0.2, 0) is 71.3 Å². The molecule has 0 unspecified atom stereocenters. The number of carbonyl (C=O) groups excluding carboxylic acids is 4. The van der Waals surface area contributed by atoms with E-state index in [4.69, 9.17) is 52.1 Å². The summed E-state index contributed by atoms with van der Waals surface area (Å²) in [6, 6.07) is 0. The van der Waals surface area contributed by atoms with Gasteiger partial charge < -0.3 is 61.7 Å². The van der Waals surface area contributed by atoms with Crippen LogP contribution in [0.25, 0.3) is 0 Å². The largest absolute Gasteiger partial charge is 0.463 e. The van der Waals surface area contributed by atoms with E-state index in [2.05, 4.69) is 0 Å². The van der Waals surface area contributed by atoms with Gasteiger partial charge in [0.2, 0.25) is 0 Å². The lowest BCUT2D eigenvalue weighted by atomic mass is 10.2. The SMILES string of the molecule is CC(=O)CCC(=O)OCCOCCOCCOCCOCCOCCOCCOCCOCCOCCOC(=O)CCC(C)=O. The van der Waals surface area contributed by atoms with Crippen LogP contribution < -0.4 is 0 Å². The molecule has 0 aliphatic carbocycles. The number of carbonyl (C=O) groups is 4. The van der Waals surface area contributed by atoms with Gasteiger partial charge in [-0.3, -0.25) is 9.59 Å². The minimum atomic E-state index is -0.400. The van der Waals surface area contributed by atoms with Gasteiger partial charge in [0.15, 0.2) is 0 Å². The maximum atomic E-state index is 11.3. The van der Waals surface area contributed by atoms with Crippen LogP contribution in [-0.4, -0.2) is 156 Å². The zero-order chi connectivity index (χ0) is 33.1. The number of rotatable bonds is 36. The molecular formula is C30H54O15. The van der Waals surface area contributed by atoms with Crippen molar-refractivity contribution in [2.45, 2.75) is 39.5 Å². The quantitative estimate of drug-likeness (QED) is 0.0691. The lowest BCUT2D eigenvalue weighted by molar-refractivity contribution is -0.146. The molecule has 0 aromatic heterocycles. The lowest BCUT2D eigenvalue weighted by Crippen LogP contribution is -2.16. The monoisotopic (exact) mass is 654 g/mol. The molecular weight excluding hydrogens is 600 g/mol. The Morgan fingerprint density at radius 2 is 0.467 bits per heavy atom. The van der Waals surface area contributed by atoms with Crippen molar-refractivity contribution in [2.24, 2.45) is 0 Å². The molecule has 0 aliphatic heterocycles. The van der Waals surface area contributed by atoms with Crippen molar-refractivity contribution in [3.63, 3.8) is 0 Å². The third-order valence-corrected chi connectivity index (χ3v) is 5.32. The maximum absolute atomic E-state index is 11.3. The summed E-state index contributed by atoms with van der Waals surface area (Å²) in [5.74, 6) is -0.882. The van der Waals surface area contributed by atoms with E-state index in [-0.39, 0.29) is 63.7 Å². The Bertz CT molecular complexity index is 661. The van der Waals surface area contributed by atoms with E-state index < -0.39 is 11.9 Å². The fraction of sp³-hybridized carbons (Fsp3) is 0.867. The van der Waals surface area contributed by atoms with Gasteiger partial charge >= 0.3 is 11.9 Å². The van der Waals surface area contributed by atoms with Crippen LogP contribution in [0.2, 0.25) is 0 Å². The van der Waals surface area contributed by atoms with Gasteiger partial charge in [-0.1, -0.05) is 0 Å². The lowest BCUT2D eigenvalue weighted by Gasteiger charge is -2.09. The summed E-state index contributed by atoms with van der Waals surface area (Å²) < 4.78 is 58.4. The second kappa shape index (κ2) is 34.8. The molecule has 264 valence electrons. The van der Waals surface area contributed by atoms with Crippen molar-refractivity contribution in [1.82, 2.24) is 0 Å². The minimum absolute atomic E-state index is 0.0408. The van der Waals surface area contributed by atoms with Crippen molar-refractivity contribution in [3.8, 4) is 0 Å². The Morgan fingerprint density at radius 3 is 0.644 bits per heavy atom. The minimum Gasteiger partial charge on any atom is -0.463 e. The first-order valence-corrected chi connectivity index (χ1v) is 15.4. The molecule has 0 amide bonds. The first-order chi connectivity index (χ1) is 21.9. The third-order valence-electron chi connectivity index (χ3n) is 5.32. The summed E-state index contributed by atoms with van der Waals surface area (Å²) in [5, 5.41) is 0. The summed E-state index contributed by atoms with van der Waals surface area (Å²) in [6.07, 6.45) is 0.590. The van der Waals surface area contributed by atoms with Crippen molar-refractivity contribution >= 4 is 23.5 Å². The average Bonchev–Trinajstić information content (AvgIpc) is 3.01. The van der Waals surface area contributed by atoms with E-state index in [1.54, 1.807) is 0 Å². The molecule has 0 fully saturated rings. The summed E-state index contributed by atoms with van der Waals surface area (Å²) in [6.45, 7) is 10.8. The van der Waals surface area contributed by atoms with Crippen molar-refractivity contribution in [3.05, 3.63) is 0 Å². The van der Waals surface area contributed by atoms with Crippen LogP contribution in [0.4, 0.5) is 0 Å². The topological polar surface area (TPSA) is 170 Å². The highest BCUT2D eigenvalue weighted by Crippen LogP contribution is 1.95. The maximum Gasteiger partial charge on any atom is 0.306 e. The molecule has 0 atom stereocenters. The molecule has 0 spiro atoms. The molecule has 45 heavy (non-hydrogen) atoms. The summed E-state index contributed by atoms with van der Waals surface area (Å²) in [7, 11) is 0. The van der Waals surface area contributed by atoms with E-state index in [0.717, 1.165) is 0 Å². The highest BCUT2D eigenvalue weighted by atomic mass is 16.6. The van der Waals surface area contributed by atoms with Gasteiger partial charge in [0.05, 0.1) is 132 Å². The predicted octanol–water partition coefficient (Wildman–Crippen LogP) is 0.961. The van der Waals surface area contributed by atoms with Gasteiger partial charge in [-0.2, -0.15) is 0 Å². The molecule has 15 nitrogen and oxygen atoms in total. The highest BCUT2D eigenvalue weighted by Gasteiger charge is 2.05. The molecule has 15 heteroatoms. The summed E-state index contributed by atoms with van der Waals surface area (Å²) >= 11 is 0. The zero-order valence-corrected chi connectivity index (χ0v) is 27.1. The van der Waals surface area contributed by atoms with Crippen LogP contribution in [0.1, 0.15) is 39.5 Å². The predicted molar refractivity (Wildman–Crippen MR) is 159 cm³/mol. The van der Waals surface area contributed by atoms with Gasteiger partial charge in [-0.25, -0.2) is 0 Å². The fourth-order valence-corrected chi connectivity index (χ4v) is 2.99. The summed E-state index contributed by atoms with van der Waals surface area (Å²) in [5.41, 5.74) is 0. The summed E-state index contributed by atoms with van der Waals surface area (Å²) in [4.78, 5) is 44.2. The van der Waals surface area contributed by atoms with E-state index in [0.29, 0.717) is 106 Å². The molecule has 0 N–H and O–H groups in total. The highest BCUT2D eigenvalue weighted by molar-refractivity contribution is 5.81. The van der Waals surface area contributed by atoms with Gasteiger partial charge in [0, 0.05) is 12.8 Å². The van der Waals surface area contributed by atoms with Gasteiger partial charge in [-0.15, -0.1) is 0 Å². The van der Waals surface area contributed by atoms with E-state index in [1.165, 1.54) is 13.8 Å². The number of hydrogen-bond donors (Lipinski definition) is 0. The number of Topliss-reactive ketones (excluding diaryl/α,β-unsaturated/α-hetero) is 2. The molecule has 0 rings (SSSR count). The molecule has 0 heterocycles. The molecule has 0 saturated carbocycles. The Balaban J connectivity index is 3.13.